The molecule has 23 heavy (non-hydrogen) atoms. The molecule has 2 rings (SSSR count). The van der Waals surface area contributed by atoms with E-state index in [9.17, 15) is 9.90 Å². The van der Waals surface area contributed by atoms with Gasteiger partial charge in [-0.2, -0.15) is 0 Å². The molecule has 5 heteroatoms. The van der Waals surface area contributed by atoms with Gasteiger partial charge in [0.2, 0.25) is 5.91 Å². The number of aryl methyl sites for hydroxylation is 1. The van der Waals surface area contributed by atoms with Crippen LogP contribution in [0.3, 0.4) is 0 Å². The fourth-order valence-corrected chi connectivity index (χ4v) is 3.09. The zero-order valence-corrected chi connectivity index (χ0v) is 14.4. The molecule has 2 atom stereocenters. The van der Waals surface area contributed by atoms with Gasteiger partial charge in [0, 0.05) is 33.1 Å². The van der Waals surface area contributed by atoms with Crippen LogP contribution in [-0.4, -0.2) is 66.8 Å². The maximum atomic E-state index is 11.4. The minimum Gasteiger partial charge on any atom is -0.491 e. The van der Waals surface area contributed by atoms with E-state index in [2.05, 4.69) is 4.90 Å². The number of hydrogen-bond donors (Lipinski definition) is 1. The second-order valence-corrected chi connectivity index (χ2v) is 6.62. The summed E-state index contributed by atoms with van der Waals surface area (Å²) in [5, 5.41) is 10.1. The molecule has 1 aromatic carbocycles. The number of likely N-dealkylation sites (N-methyl/N-ethyl adjacent to an activating group) is 1. The Morgan fingerprint density at radius 1 is 1.52 bits per heavy atom. The van der Waals surface area contributed by atoms with Gasteiger partial charge >= 0.3 is 0 Å². The first-order chi connectivity index (χ1) is 10.9. The molecule has 0 spiro atoms. The predicted molar refractivity (Wildman–Crippen MR) is 90.5 cm³/mol. The van der Waals surface area contributed by atoms with Gasteiger partial charge in [-0.3, -0.25) is 4.79 Å². The average Bonchev–Trinajstić information content (AvgIpc) is 2.94. The smallest absolute Gasteiger partial charge is 0.219 e. The fraction of sp³-hybridized carbons (Fsp3) is 0.611. The van der Waals surface area contributed by atoms with Crippen molar-refractivity contribution in [2.75, 3.05) is 39.8 Å². The first kappa shape index (κ1) is 17.8. The highest BCUT2D eigenvalue weighted by atomic mass is 16.5. The van der Waals surface area contributed by atoms with Gasteiger partial charge in [-0.25, -0.2) is 0 Å². The number of hydrogen-bond acceptors (Lipinski definition) is 4. The average molecular weight is 320 g/mol. The van der Waals surface area contributed by atoms with Gasteiger partial charge in [0.05, 0.1) is 0 Å². The van der Waals surface area contributed by atoms with E-state index in [0.717, 1.165) is 37.4 Å². The predicted octanol–water partition coefficient (Wildman–Crippen LogP) is 1.53. The van der Waals surface area contributed by atoms with Gasteiger partial charge in [-0.1, -0.05) is 12.1 Å². The summed E-state index contributed by atoms with van der Waals surface area (Å²) in [6, 6.07) is 7.83. The standard InChI is InChI=1S/C18H28N2O3/c1-14-5-4-6-18(9-14)23-13-17(22)12-19(3)10-16-7-8-20(11-16)15(2)21/h4-6,9,16-17,22H,7-8,10-13H2,1-3H3. The highest BCUT2D eigenvalue weighted by molar-refractivity contribution is 5.73. The molecule has 1 fully saturated rings. The Morgan fingerprint density at radius 3 is 2.96 bits per heavy atom. The molecule has 1 N–H and O–H groups in total. The Labute approximate surface area is 138 Å². The van der Waals surface area contributed by atoms with Gasteiger partial charge in [0.15, 0.2) is 0 Å². The van der Waals surface area contributed by atoms with Crippen LogP contribution in [-0.2, 0) is 4.79 Å². The molecule has 0 aliphatic carbocycles. The fourth-order valence-electron chi connectivity index (χ4n) is 3.09. The van der Waals surface area contributed by atoms with Crippen LogP contribution in [0.25, 0.3) is 0 Å². The molecular formula is C18H28N2O3. The molecule has 0 aromatic heterocycles. The van der Waals surface area contributed by atoms with E-state index >= 15 is 0 Å². The molecule has 1 amide bonds. The minimum absolute atomic E-state index is 0.154. The summed E-state index contributed by atoms with van der Waals surface area (Å²) in [7, 11) is 2.01. The van der Waals surface area contributed by atoms with Crippen LogP contribution >= 0.6 is 0 Å². The lowest BCUT2D eigenvalue weighted by Crippen LogP contribution is -2.36. The van der Waals surface area contributed by atoms with Crippen molar-refractivity contribution < 1.29 is 14.6 Å². The maximum Gasteiger partial charge on any atom is 0.219 e. The number of likely N-dealkylation sites (tertiary alicyclic amines) is 1. The first-order valence-corrected chi connectivity index (χ1v) is 8.25. The second kappa shape index (κ2) is 8.31. The number of amides is 1. The zero-order valence-electron chi connectivity index (χ0n) is 14.4. The summed E-state index contributed by atoms with van der Waals surface area (Å²) in [6.45, 7) is 7.08. The van der Waals surface area contributed by atoms with Crippen LogP contribution in [0, 0.1) is 12.8 Å². The number of benzene rings is 1. The summed E-state index contributed by atoms with van der Waals surface area (Å²) < 4.78 is 5.64. The van der Waals surface area contributed by atoms with E-state index in [4.69, 9.17) is 4.74 Å². The van der Waals surface area contributed by atoms with Crippen LogP contribution in [0.15, 0.2) is 24.3 Å². The van der Waals surface area contributed by atoms with Crippen LogP contribution < -0.4 is 4.74 Å². The molecule has 1 heterocycles. The normalized spacial score (nSPS) is 19.2. The highest BCUT2D eigenvalue weighted by Crippen LogP contribution is 2.17. The van der Waals surface area contributed by atoms with Crippen LogP contribution in [0.1, 0.15) is 18.9 Å². The largest absolute Gasteiger partial charge is 0.491 e. The van der Waals surface area contributed by atoms with Crippen molar-refractivity contribution in [1.82, 2.24) is 9.80 Å². The molecule has 0 bridgehead atoms. The number of ether oxygens (including phenoxy) is 1. The third-order valence-corrected chi connectivity index (χ3v) is 4.26. The van der Waals surface area contributed by atoms with Crippen molar-refractivity contribution in [3.8, 4) is 5.75 Å². The molecule has 2 unspecified atom stereocenters. The van der Waals surface area contributed by atoms with Crippen molar-refractivity contribution in [2.45, 2.75) is 26.4 Å². The molecule has 1 saturated heterocycles. The Bertz CT molecular complexity index is 521. The summed E-state index contributed by atoms with van der Waals surface area (Å²) in [5.41, 5.74) is 1.14. The minimum atomic E-state index is -0.522. The lowest BCUT2D eigenvalue weighted by atomic mass is 10.1. The monoisotopic (exact) mass is 320 g/mol. The quantitative estimate of drug-likeness (QED) is 0.828. The van der Waals surface area contributed by atoms with E-state index in [-0.39, 0.29) is 12.5 Å². The van der Waals surface area contributed by atoms with Crippen molar-refractivity contribution in [1.29, 1.82) is 0 Å². The van der Waals surface area contributed by atoms with Gasteiger partial charge < -0.3 is 19.6 Å². The van der Waals surface area contributed by atoms with Gasteiger partial charge in [-0.05, 0) is 44.0 Å². The number of nitrogens with zero attached hydrogens (tertiary/aromatic N) is 2. The summed E-state index contributed by atoms with van der Waals surface area (Å²) in [4.78, 5) is 15.4. The summed E-state index contributed by atoms with van der Waals surface area (Å²) >= 11 is 0. The topological polar surface area (TPSA) is 53.0 Å². The molecule has 1 aliphatic heterocycles. The lowest BCUT2D eigenvalue weighted by molar-refractivity contribution is -0.127. The molecular weight excluding hydrogens is 292 g/mol. The molecule has 1 aromatic rings. The number of rotatable bonds is 7. The summed E-state index contributed by atoms with van der Waals surface area (Å²) in [6.07, 6.45) is 0.519. The summed E-state index contributed by atoms with van der Waals surface area (Å²) in [5.74, 6) is 1.44. The number of aliphatic hydroxyl groups excluding tert-OH is 1. The van der Waals surface area contributed by atoms with Gasteiger partial charge in [0.1, 0.15) is 18.5 Å². The molecule has 1 aliphatic rings. The first-order valence-electron chi connectivity index (χ1n) is 8.25. The Morgan fingerprint density at radius 2 is 2.30 bits per heavy atom. The van der Waals surface area contributed by atoms with Crippen molar-refractivity contribution in [3.63, 3.8) is 0 Å². The molecule has 5 nitrogen and oxygen atoms in total. The van der Waals surface area contributed by atoms with Crippen LogP contribution in [0.5, 0.6) is 5.75 Å². The van der Waals surface area contributed by atoms with Crippen LogP contribution in [0.4, 0.5) is 0 Å². The third-order valence-electron chi connectivity index (χ3n) is 4.26. The van der Waals surface area contributed by atoms with Crippen molar-refractivity contribution in [3.05, 3.63) is 29.8 Å². The number of carbonyl (C=O) groups excluding carboxylic acids is 1. The molecule has 0 saturated carbocycles. The van der Waals surface area contributed by atoms with Crippen molar-refractivity contribution >= 4 is 5.91 Å². The van der Waals surface area contributed by atoms with E-state index < -0.39 is 6.10 Å². The molecule has 128 valence electrons. The highest BCUT2D eigenvalue weighted by Gasteiger charge is 2.25. The molecule has 0 radical (unpaired) electrons. The lowest BCUT2D eigenvalue weighted by Gasteiger charge is -2.24. The van der Waals surface area contributed by atoms with Crippen LogP contribution in [0.2, 0.25) is 0 Å². The van der Waals surface area contributed by atoms with E-state index in [1.54, 1.807) is 6.92 Å². The second-order valence-electron chi connectivity index (χ2n) is 6.62. The number of aliphatic hydroxyl groups is 1. The Balaban J connectivity index is 1.68. The Kier molecular flexibility index (Phi) is 6.42. The van der Waals surface area contributed by atoms with E-state index in [1.165, 1.54) is 0 Å². The maximum absolute atomic E-state index is 11.4. The SMILES string of the molecule is CC(=O)N1CCC(CN(C)CC(O)COc2cccc(C)c2)C1. The van der Waals surface area contributed by atoms with Gasteiger partial charge in [0.25, 0.3) is 0 Å². The Hall–Kier alpha value is -1.59. The zero-order chi connectivity index (χ0) is 16.8. The van der Waals surface area contributed by atoms with Crippen molar-refractivity contribution in [2.24, 2.45) is 5.92 Å². The third kappa shape index (κ3) is 5.84. The van der Waals surface area contributed by atoms with E-state index in [1.807, 2.05) is 43.1 Å². The van der Waals surface area contributed by atoms with Gasteiger partial charge in [-0.15, -0.1) is 0 Å². The number of carbonyl (C=O) groups is 1. The van der Waals surface area contributed by atoms with E-state index in [0.29, 0.717) is 12.5 Å².